The van der Waals surface area contributed by atoms with E-state index in [0.717, 1.165) is 11.1 Å². The van der Waals surface area contributed by atoms with Gasteiger partial charge in [-0.15, -0.1) is 15.3 Å². The lowest BCUT2D eigenvalue weighted by molar-refractivity contribution is 0.0684. The molecular weight excluding hydrogens is 624 g/mol. The fourth-order valence-corrected chi connectivity index (χ4v) is 4.41. The molecule has 234 valence electrons. The highest BCUT2D eigenvalue weighted by Gasteiger charge is 2.14. The predicted molar refractivity (Wildman–Crippen MR) is 178 cm³/mol. The molecule has 7 N–H and O–H groups in total. The topological polar surface area (TPSA) is 221 Å². The fourth-order valence-electron chi connectivity index (χ4n) is 4.26. The van der Waals surface area contributed by atoms with Gasteiger partial charge in [0, 0.05) is 0 Å². The van der Waals surface area contributed by atoms with Crippen molar-refractivity contribution in [3.05, 3.63) is 113 Å². The third-order valence-electron chi connectivity index (χ3n) is 6.85. The molecule has 0 aliphatic heterocycles. The van der Waals surface area contributed by atoms with Crippen molar-refractivity contribution in [1.29, 1.82) is 0 Å². The minimum absolute atomic E-state index is 0.00142. The zero-order valence-corrected chi connectivity index (χ0v) is 25.3. The molecule has 0 atom stereocenters. The van der Waals surface area contributed by atoms with Gasteiger partial charge >= 0.3 is 11.9 Å². The second-order valence-corrected chi connectivity index (χ2v) is 10.5. The van der Waals surface area contributed by atoms with Gasteiger partial charge in [0.15, 0.2) is 0 Å². The Labute approximate surface area is 272 Å². The number of rotatable bonds is 9. The third-order valence-corrected chi connectivity index (χ3v) is 7.17. The number of aromatic carboxylic acids is 2. The first-order valence-electron chi connectivity index (χ1n) is 13.7. The van der Waals surface area contributed by atoms with Crippen molar-refractivity contribution in [2.75, 3.05) is 11.5 Å². The normalized spacial score (nSPS) is 11.5. The van der Waals surface area contributed by atoms with Gasteiger partial charge in [0.05, 0.1) is 39.0 Å². The molecule has 5 aromatic rings. The number of aryl methyl sites for hydroxylation is 1. The molecule has 0 heterocycles. The van der Waals surface area contributed by atoms with Gasteiger partial charge in [0.25, 0.3) is 0 Å². The first-order valence-corrected chi connectivity index (χ1v) is 14.1. The second-order valence-electron chi connectivity index (χ2n) is 10.1. The molecule has 5 rings (SSSR count). The number of benzene rings is 5. The summed E-state index contributed by atoms with van der Waals surface area (Å²) in [6.45, 7) is 1.76. The standard InChI is InChI=1S/C33H25ClN8O5/c1-17-14-27(30(36)31(29(17)35)42-40-26-15-20(32(44)45)6-12-25(26)34)41-38-22-9-4-19(5-10-22)18-2-7-21(8-3-18)37-39-23-11-13-28(43)24(16-23)33(46)47/h2-16,43H,35-36H2,1H3,(H,44,45)(H,46,47). The summed E-state index contributed by atoms with van der Waals surface area (Å²) in [6, 6.07) is 24.3. The van der Waals surface area contributed by atoms with Gasteiger partial charge in [-0.2, -0.15) is 15.3 Å². The van der Waals surface area contributed by atoms with E-state index in [2.05, 4.69) is 30.7 Å². The summed E-state index contributed by atoms with van der Waals surface area (Å²) in [6.07, 6.45) is 0. The van der Waals surface area contributed by atoms with Crippen LogP contribution in [0.1, 0.15) is 26.3 Å². The van der Waals surface area contributed by atoms with Gasteiger partial charge in [-0.1, -0.05) is 35.9 Å². The molecule has 0 unspecified atom stereocenters. The summed E-state index contributed by atoms with van der Waals surface area (Å²) in [4.78, 5) is 22.5. The van der Waals surface area contributed by atoms with E-state index in [0.29, 0.717) is 28.3 Å². The molecule has 0 amide bonds. The highest BCUT2D eigenvalue weighted by Crippen LogP contribution is 2.42. The van der Waals surface area contributed by atoms with Gasteiger partial charge in [-0.3, -0.25) is 0 Å². The van der Waals surface area contributed by atoms with Gasteiger partial charge in [0.2, 0.25) is 0 Å². The first-order chi connectivity index (χ1) is 22.5. The van der Waals surface area contributed by atoms with E-state index >= 15 is 0 Å². The van der Waals surface area contributed by atoms with Gasteiger partial charge in [-0.25, -0.2) is 9.59 Å². The second kappa shape index (κ2) is 13.7. The first kappa shape index (κ1) is 31.9. The van der Waals surface area contributed by atoms with Crippen LogP contribution in [0, 0.1) is 6.92 Å². The van der Waals surface area contributed by atoms with E-state index in [9.17, 15) is 19.8 Å². The number of hydrogen-bond donors (Lipinski definition) is 5. The van der Waals surface area contributed by atoms with Crippen molar-refractivity contribution in [3.8, 4) is 16.9 Å². The molecule has 0 saturated carbocycles. The minimum Gasteiger partial charge on any atom is -0.507 e. The van der Waals surface area contributed by atoms with Crippen molar-refractivity contribution in [1.82, 2.24) is 0 Å². The maximum absolute atomic E-state index is 11.3. The molecule has 0 aliphatic carbocycles. The molecule has 0 aromatic heterocycles. The zero-order chi connectivity index (χ0) is 33.7. The summed E-state index contributed by atoms with van der Waals surface area (Å²) in [5.41, 5.74) is 17.2. The molecular formula is C33H25ClN8O5. The van der Waals surface area contributed by atoms with Crippen LogP contribution in [0.25, 0.3) is 11.1 Å². The number of aromatic hydroxyl groups is 1. The van der Waals surface area contributed by atoms with E-state index in [1.54, 1.807) is 37.3 Å². The van der Waals surface area contributed by atoms with E-state index in [1.165, 1.54) is 36.4 Å². The van der Waals surface area contributed by atoms with E-state index < -0.39 is 11.9 Å². The van der Waals surface area contributed by atoms with E-state index in [-0.39, 0.29) is 44.6 Å². The summed E-state index contributed by atoms with van der Waals surface area (Å²) in [5.74, 6) is -2.74. The largest absolute Gasteiger partial charge is 0.507 e. The minimum atomic E-state index is -1.26. The number of carbonyl (C=O) groups is 2. The van der Waals surface area contributed by atoms with Crippen LogP contribution in [0.15, 0.2) is 122 Å². The number of halogens is 1. The SMILES string of the molecule is Cc1cc(N=Nc2ccc(-c3ccc(N=Nc4ccc(O)c(C(=O)O)c4)cc3)cc2)c(N)c(N=Nc2cc(C(=O)O)ccc2Cl)c1N. The molecule has 0 radical (unpaired) electrons. The van der Waals surface area contributed by atoms with Crippen molar-refractivity contribution in [2.45, 2.75) is 6.92 Å². The maximum Gasteiger partial charge on any atom is 0.339 e. The average Bonchev–Trinajstić information content (AvgIpc) is 3.06. The number of nitrogens with two attached hydrogens (primary N) is 2. The van der Waals surface area contributed by atoms with Gasteiger partial charge in [0.1, 0.15) is 28.4 Å². The summed E-state index contributed by atoms with van der Waals surface area (Å²) < 4.78 is 0. The number of azo groups is 3. The average molecular weight is 649 g/mol. The Bertz CT molecular complexity index is 2100. The molecule has 47 heavy (non-hydrogen) atoms. The Hall–Kier alpha value is -6.47. The lowest BCUT2D eigenvalue weighted by atomic mass is 10.1. The Morgan fingerprint density at radius 2 is 1.17 bits per heavy atom. The Balaban J connectivity index is 1.30. The Morgan fingerprint density at radius 3 is 1.77 bits per heavy atom. The summed E-state index contributed by atoms with van der Waals surface area (Å²) >= 11 is 6.16. The molecule has 0 fully saturated rings. The number of hydrogen-bond acceptors (Lipinski definition) is 11. The quantitative estimate of drug-likeness (QED) is 0.0767. The lowest BCUT2D eigenvalue weighted by Gasteiger charge is -2.09. The molecule has 0 bridgehead atoms. The smallest absolute Gasteiger partial charge is 0.339 e. The van der Waals surface area contributed by atoms with E-state index in [1.807, 2.05) is 24.3 Å². The Kier molecular flexibility index (Phi) is 9.29. The predicted octanol–water partition coefficient (Wildman–Crippen LogP) is 9.83. The van der Waals surface area contributed by atoms with Crippen LogP contribution in [-0.2, 0) is 0 Å². The van der Waals surface area contributed by atoms with Crippen LogP contribution in [0.2, 0.25) is 5.02 Å². The molecule has 13 nitrogen and oxygen atoms in total. The van der Waals surface area contributed by atoms with Crippen LogP contribution in [-0.4, -0.2) is 27.3 Å². The monoisotopic (exact) mass is 648 g/mol. The zero-order valence-electron chi connectivity index (χ0n) is 24.5. The van der Waals surface area contributed by atoms with Crippen LogP contribution >= 0.6 is 11.6 Å². The van der Waals surface area contributed by atoms with Crippen molar-refractivity contribution >= 4 is 69.0 Å². The molecule has 14 heteroatoms. The van der Waals surface area contributed by atoms with Gasteiger partial charge < -0.3 is 26.8 Å². The van der Waals surface area contributed by atoms with Gasteiger partial charge in [-0.05, 0) is 90.3 Å². The number of nitrogens with zero attached hydrogens (tertiary/aromatic N) is 6. The fraction of sp³-hybridized carbons (Fsp3) is 0.0303. The number of anilines is 2. The number of nitrogen functional groups attached to an aromatic ring is 2. The molecule has 0 aliphatic rings. The third kappa shape index (κ3) is 7.44. The summed E-state index contributed by atoms with van der Waals surface area (Å²) in [7, 11) is 0. The summed E-state index contributed by atoms with van der Waals surface area (Å²) in [5, 5.41) is 53.3. The van der Waals surface area contributed by atoms with Crippen LogP contribution in [0.5, 0.6) is 5.75 Å². The van der Waals surface area contributed by atoms with Crippen molar-refractivity contribution < 1.29 is 24.9 Å². The number of carboxylic acids is 2. The van der Waals surface area contributed by atoms with E-state index in [4.69, 9.17) is 28.2 Å². The lowest BCUT2D eigenvalue weighted by Crippen LogP contribution is -1.96. The number of phenols is 1. The molecule has 0 spiro atoms. The highest BCUT2D eigenvalue weighted by molar-refractivity contribution is 6.33. The molecule has 5 aromatic carbocycles. The number of carboxylic acid groups (broad SMARTS) is 2. The maximum atomic E-state index is 11.3. The Morgan fingerprint density at radius 1 is 0.617 bits per heavy atom. The molecule has 0 saturated heterocycles. The van der Waals surface area contributed by atoms with Crippen LogP contribution < -0.4 is 11.5 Å². The highest BCUT2D eigenvalue weighted by atomic mass is 35.5. The van der Waals surface area contributed by atoms with Crippen molar-refractivity contribution in [3.63, 3.8) is 0 Å². The van der Waals surface area contributed by atoms with Crippen LogP contribution in [0.4, 0.5) is 45.5 Å². The van der Waals surface area contributed by atoms with Crippen LogP contribution in [0.3, 0.4) is 0 Å². The van der Waals surface area contributed by atoms with Crippen molar-refractivity contribution in [2.24, 2.45) is 30.7 Å².